The number of aromatic nitrogens is 4. The Balaban J connectivity index is 1.84. The number of nitrogens with zero attached hydrogens (tertiary/aromatic N) is 4. The lowest BCUT2D eigenvalue weighted by atomic mass is 9.99. The van der Waals surface area contributed by atoms with Crippen LogP contribution in [0.2, 0.25) is 5.02 Å². The first kappa shape index (κ1) is 11.6. The van der Waals surface area contributed by atoms with Crippen LogP contribution in [-0.4, -0.2) is 33.3 Å². The summed E-state index contributed by atoms with van der Waals surface area (Å²) in [4.78, 5) is 1.54. The molecular formula is C12H14ClN5. The number of tetrazole rings is 1. The molecule has 2 heterocycles. The molecule has 2 aromatic rings. The Bertz CT molecular complexity index is 533. The van der Waals surface area contributed by atoms with Gasteiger partial charge in [0, 0.05) is 17.5 Å². The highest BCUT2D eigenvalue weighted by Gasteiger charge is 2.20. The van der Waals surface area contributed by atoms with E-state index in [-0.39, 0.29) is 0 Å². The van der Waals surface area contributed by atoms with E-state index in [9.17, 15) is 0 Å². The Hall–Kier alpha value is -1.46. The molecule has 0 amide bonds. The molecule has 94 valence electrons. The minimum atomic E-state index is 0.367. The number of halogens is 1. The van der Waals surface area contributed by atoms with Crippen molar-refractivity contribution in [2.24, 2.45) is 0 Å². The zero-order valence-electron chi connectivity index (χ0n) is 9.88. The Morgan fingerprint density at radius 3 is 3.11 bits per heavy atom. The van der Waals surface area contributed by atoms with Gasteiger partial charge >= 0.3 is 0 Å². The van der Waals surface area contributed by atoms with Gasteiger partial charge in [0.2, 0.25) is 0 Å². The first-order valence-corrected chi connectivity index (χ1v) is 6.47. The van der Waals surface area contributed by atoms with Crippen molar-refractivity contribution < 1.29 is 0 Å². The Morgan fingerprint density at radius 2 is 2.33 bits per heavy atom. The highest BCUT2D eigenvalue weighted by Crippen LogP contribution is 2.20. The lowest BCUT2D eigenvalue weighted by Gasteiger charge is -2.19. The molecule has 0 saturated carbocycles. The van der Waals surface area contributed by atoms with Crippen LogP contribution >= 0.6 is 11.6 Å². The summed E-state index contributed by atoms with van der Waals surface area (Å²) in [5, 5.41) is 16.7. The van der Waals surface area contributed by atoms with Gasteiger partial charge in [-0.2, -0.15) is 0 Å². The molecule has 1 aromatic heterocycles. The third-order valence-electron chi connectivity index (χ3n) is 3.13. The molecule has 0 spiro atoms. The molecule has 1 atom stereocenters. The van der Waals surface area contributed by atoms with Crippen molar-refractivity contribution in [3.8, 4) is 5.69 Å². The molecule has 0 radical (unpaired) electrons. The van der Waals surface area contributed by atoms with Crippen molar-refractivity contribution in [1.82, 2.24) is 25.5 Å². The van der Waals surface area contributed by atoms with Gasteiger partial charge in [-0.15, -0.1) is 15.0 Å². The standard InChI is InChI=1S/C12H14ClN5/c13-10-4-1-5-11(7-10)18-16-12(15-17-18)9-3-2-6-14-8-9/h1,4-5,7,9,14H,2-3,6,8H2. The first-order valence-electron chi connectivity index (χ1n) is 6.09. The number of hydrogen-bond acceptors (Lipinski definition) is 4. The summed E-state index contributed by atoms with van der Waals surface area (Å²) in [6.45, 7) is 2.01. The molecular weight excluding hydrogens is 250 g/mol. The van der Waals surface area contributed by atoms with Gasteiger partial charge in [0.05, 0.1) is 5.69 Å². The Kier molecular flexibility index (Phi) is 3.25. The highest BCUT2D eigenvalue weighted by molar-refractivity contribution is 6.30. The molecule has 1 saturated heterocycles. The summed E-state index contributed by atoms with van der Waals surface area (Å²) in [7, 11) is 0. The average molecular weight is 264 g/mol. The monoisotopic (exact) mass is 263 g/mol. The van der Waals surface area contributed by atoms with Crippen LogP contribution in [0.1, 0.15) is 24.6 Å². The van der Waals surface area contributed by atoms with E-state index >= 15 is 0 Å². The molecule has 1 N–H and O–H groups in total. The van der Waals surface area contributed by atoms with E-state index in [1.165, 1.54) is 4.80 Å². The van der Waals surface area contributed by atoms with Crippen molar-refractivity contribution in [3.05, 3.63) is 35.1 Å². The van der Waals surface area contributed by atoms with Gasteiger partial charge in [-0.05, 0) is 42.8 Å². The van der Waals surface area contributed by atoms with E-state index in [4.69, 9.17) is 11.6 Å². The number of hydrogen-bond donors (Lipinski definition) is 1. The predicted octanol–water partition coefficient (Wildman–Crippen LogP) is 1.78. The fourth-order valence-corrected chi connectivity index (χ4v) is 2.36. The van der Waals surface area contributed by atoms with E-state index < -0.39 is 0 Å². The molecule has 3 rings (SSSR count). The van der Waals surface area contributed by atoms with Gasteiger partial charge in [0.25, 0.3) is 0 Å². The van der Waals surface area contributed by atoms with Crippen LogP contribution in [0.15, 0.2) is 24.3 Å². The normalized spacial score (nSPS) is 19.9. The third kappa shape index (κ3) is 2.37. The van der Waals surface area contributed by atoms with Crippen molar-refractivity contribution in [3.63, 3.8) is 0 Å². The Morgan fingerprint density at radius 1 is 1.39 bits per heavy atom. The summed E-state index contributed by atoms with van der Waals surface area (Å²) in [6.07, 6.45) is 2.28. The van der Waals surface area contributed by atoms with Crippen LogP contribution in [0.4, 0.5) is 0 Å². The van der Waals surface area contributed by atoms with Gasteiger partial charge < -0.3 is 5.32 Å². The largest absolute Gasteiger partial charge is 0.316 e. The second-order valence-electron chi connectivity index (χ2n) is 4.46. The molecule has 1 fully saturated rings. The fraction of sp³-hybridized carbons (Fsp3) is 0.417. The number of benzene rings is 1. The summed E-state index contributed by atoms with van der Waals surface area (Å²) < 4.78 is 0. The van der Waals surface area contributed by atoms with E-state index in [1.54, 1.807) is 0 Å². The Labute approximate surface area is 110 Å². The quantitative estimate of drug-likeness (QED) is 0.897. The van der Waals surface area contributed by atoms with Crippen LogP contribution in [0.25, 0.3) is 5.69 Å². The van der Waals surface area contributed by atoms with Crippen molar-refractivity contribution in [2.75, 3.05) is 13.1 Å². The lowest BCUT2D eigenvalue weighted by molar-refractivity contribution is 0.446. The zero-order valence-corrected chi connectivity index (χ0v) is 10.6. The topological polar surface area (TPSA) is 55.6 Å². The molecule has 0 aliphatic carbocycles. The van der Waals surface area contributed by atoms with Crippen LogP contribution < -0.4 is 5.32 Å². The highest BCUT2D eigenvalue weighted by atomic mass is 35.5. The first-order chi connectivity index (χ1) is 8.83. The number of nitrogens with one attached hydrogen (secondary N) is 1. The molecule has 18 heavy (non-hydrogen) atoms. The maximum atomic E-state index is 5.95. The zero-order chi connectivity index (χ0) is 12.4. The van der Waals surface area contributed by atoms with Gasteiger partial charge in [0.1, 0.15) is 0 Å². The summed E-state index contributed by atoms with van der Waals surface area (Å²) in [5.41, 5.74) is 0.838. The minimum absolute atomic E-state index is 0.367. The maximum Gasteiger partial charge on any atom is 0.179 e. The molecule has 1 aromatic carbocycles. The van der Waals surface area contributed by atoms with Crippen LogP contribution in [0.5, 0.6) is 0 Å². The second-order valence-corrected chi connectivity index (χ2v) is 4.90. The van der Waals surface area contributed by atoms with Crippen LogP contribution in [-0.2, 0) is 0 Å². The molecule has 6 heteroatoms. The van der Waals surface area contributed by atoms with Crippen LogP contribution in [0.3, 0.4) is 0 Å². The van der Waals surface area contributed by atoms with Crippen LogP contribution in [0, 0.1) is 0 Å². The molecule has 1 aliphatic rings. The van der Waals surface area contributed by atoms with E-state index in [0.717, 1.165) is 37.4 Å². The molecule has 1 aliphatic heterocycles. The molecule has 5 nitrogen and oxygen atoms in total. The summed E-state index contributed by atoms with van der Waals surface area (Å²) in [5.74, 6) is 1.17. The van der Waals surface area contributed by atoms with Gasteiger partial charge in [-0.25, -0.2) is 0 Å². The van der Waals surface area contributed by atoms with E-state index in [0.29, 0.717) is 10.9 Å². The van der Waals surface area contributed by atoms with Crippen molar-refractivity contribution in [1.29, 1.82) is 0 Å². The third-order valence-corrected chi connectivity index (χ3v) is 3.37. The van der Waals surface area contributed by atoms with Gasteiger partial charge in [-0.3, -0.25) is 0 Å². The van der Waals surface area contributed by atoms with Gasteiger partial charge in [0.15, 0.2) is 5.82 Å². The number of rotatable bonds is 2. The van der Waals surface area contributed by atoms with E-state index in [2.05, 4.69) is 20.7 Å². The summed E-state index contributed by atoms with van der Waals surface area (Å²) in [6, 6.07) is 7.44. The van der Waals surface area contributed by atoms with Crippen molar-refractivity contribution >= 4 is 11.6 Å². The number of piperidine rings is 1. The predicted molar refractivity (Wildman–Crippen MR) is 69.0 cm³/mol. The molecule has 1 unspecified atom stereocenters. The lowest BCUT2D eigenvalue weighted by Crippen LogP contribution is -2.29. The van der Waals surface area contributed by atoms with E-state index in [1.807, 2.05) is 24.3 Å². The maximum absolute atomic E-state index is 5.95. The van der Waals surface area contributed by atoms with Gasteiger partial charge in [-0.1, -0.05) is 17.7 Å². The molecule has 0 bridgehead atoms. The minimum Gasteiger partial charge on any atom is -0.316 e. The summed E-state index contributed by atoms with van der Waals surface area (Å²) >= 11 is 5.95. The smallest absolute Gasteiger partial charge is 0.179 e. The second kappa shape index (κ2) is 5.04. The average Bonchev–Trinajstić information content (AvgIpc) is 2.89. The fourth-order valence-electron chi connectivity index (χ4n) is 2.17. The SMILES string of the molecule is Clc1cccc(-n2nnc(C3CCCNC3)n2)c1. The van der Waals surface area contributed by atoms with Crippen molar-refractivity contribution in [2.45, 2.75) is 18.8 Å².